The van der Waals surface area contributed by atoms with Crippen LogP contribution in [0.4, 0.5) is 0 Å². The van der Waals surface area contributed by atoms with Gasteiger partial charge in [0.1, 0.15) is 6.10 Å². The molecule has 0 spiro atoms. The molecule has 3 nitrogen and oxygen atoms in total. The summed E-state index contributed by atoms with van der Waals surface area (Å²) >= 11 is 0. The fourth-order valence-electron chi connectivity index (χ4n) is 3.69. The van der Waals surface area contributed by atoms with Gasteiger partial charge in [-0.05, 0) is 22.3 Å². The number of benzene rings is 3. The zero-order chi connectivity index (χ0) is 19.3. The summed E-state index contributed by atoms with van der Waals surface area (Å²) in [5, 5.41) is 15.3. The predicted molar refractivity (Wildman–Crippen MR) is 113 cm³/mol. The molecular weight excluding hydrogens is 346 g/mol. The Hall–Kier alpha value is -3.17. The van der Waals surface area contributed by atoms with E-state index in [0.717, 1.165) is 22.3 Å². The highest BCUT2D eigenvalue weighted by atomic mass is 16.6. The minimum absolute atomic E-state index is 0.137. The molecule has 1 aliphatic rings. The summed E-state index contributed by atoms with van der Waals surface area (Å²) in [6, 6.07) is 30.1. The molecule has 28 heavy (non-hydrogen) atoms. The van der Waals surface area contributed by atoms with Crippen molar-refractivity contribution < 1.29 is 9.94 Å². The summed E-state index contributed by atoms with van der Waals surface area (Å²) < 4.78 is 0. The Bertz CT molecular complexity index is 952. The molecule has 0 radical (unpaired) electrons. The van der Waals surface area contributed by atoms with Crippen LogP contribution in [0, 0.1) is 0 Å². The number of hydrogen-bond acceptors (Lipinski definition) is 3. The van der Waals surface area contributed by atoms with Gasteiger partial charge < -0.3 is 9.94 Å². The van der Waals surface area contributed by atoms with Gasteiger partial charge in [0, 0.05) is 6.42 Å². The van der Waals surface area contributed by atoms with Gasteiger partial charge >= 0.3 is 0 Å². The largest absolute Gasteiger partial charge is 0.387 e. The molecule has 0 aliphatic carbocycles. The van der Waals surface area contributed by atoms with Gasteiger partial charge in [-0.1, -0.05) is 103 Å². The van der Waals surface area contributed by atoms with Crippen molar-refractivity contribution in [2.75, 3.05) is 0 Å². The topological polar surface area (TPSA) is 41.8 Å². The number of aliphatic hydroxyl groups excluding tert-OH is 1. The number of oxime groups is 1. The molecule has 1 heterocycles. The van der Waals surface area contributed by atoms with Crippen molar-refractivity contribution in [2.24, 2.45) is 5.16 Å². The molecule has 0 fully saturated rings. The second kappa shape index (κ2) is 8.24. The Morgan fingerprint density at radius 3 is 2.00 bits per heavy atom. The quantitative estimate of drug-likeness (QED) is 0.635. The summed E-state index contributed by atoms with van der Waals surface area (Å²) in [4.78, 5) is 5.83. The Morgan fingerprint density at radius 1 is 0.857 bits per heavy atom. The third kappa shape index (κ3) is 3.75. The van der Waals surface area contributed by atoms with Gasteiger partial charge in [-0.15, -0.1) is 0 Å². The Morgan fingerprint density at radius 2 is 1.39 bits per heavy atom. The molecule has 0 amide bonds. The fraction of sp³-hybridized carbons (Fsp3) is 0.160. The van der Waals surface area contributed by atoms with E-state index in [0.29, 0.717) is 12.1 Å². The van der Waals surface area contributed by atoms with E-state index in [1.165, 1.54) is 0 Å². The minimum Gasteiger partial charge on any atom is -0.387 e. The van der Waals surface area contributed by atoms with E-state index in [-0.39, 0.29) is 12.0 Å². The van der Waals surface area contributed by atoms with Gasteiger partial charge in [0.2, 0.25) is 0 Å². The van der Waals surface area contributed by atoms with E-state index >= 15 is 0 Å². The van der Waals surface area contributed by atoms with Crippen molar-refractivity contribution in [3.05, 3.63) is 114 Å². The Balaban J connectivity index is 1.61. The smallest absolute Gasteiger partial charge is 0.164 e. The molecule has 0 bridgehead atoms. The van der Waals surface area contributed by atoms with Crippen LogP contribution in [0.5, 0.6) is 0 Å². The molecule has 3 aromatic rings. The number of aliphatic hydroxyl groups is 1. The van der Waals surface area contributed by atoms with Crippen LogP contribution in [0.1, 0.15) is 35.1 Å². The van der Waals surface area contributed by atoms with Crippen LogP contribution in [0.25, 0.3) is 5.57 Å². The lowest BCUT2D eigenvalue weighted by Crippen LogP contribution is -2.27. The van der Waals surface area contributed by atoms with E-state index in [2.05, 4.69) is 23.9 Å². The highest BCUT2D eigenvalue weighted by Crippen LogP contribution is 2.41. The van der Waals surface area contributed by atoms with Crippen LogP contribution >= 0.6 is 0 Å². The van der Waals surface area contributed by atoms with Crippen molar-refractivity contribution in [2.45, 2.75) is 24.5 Å². The zero-order valence-electron chi connectivity index (χ0n) is 15.6. The third-order valence-corrected chi connectivity index (χ3v) is 5.14. The van der Waals surface area contributed by atoms with E-state index in [4.69, 9.17) is 4.84 Å². The lowest BCUT2D eigenvalue weighted by Gasteiger charge is -2.22. The first-order valence-corrected chi connectivity index (χ1v) is 9.49. The zero-order valence-corrected chi connectivity index (χ0v) is 15.6. The van der Waals surface area contributed by atoms with Gasteiger partial charge in [0.05, 0.1) is 11.6 Å². The first-order valence-electron chi connectivity index (χ1n) is 9.49. The Kier molecular flexibility index (Phi) is 5.36. The maximum absolute atomic E-state index is 11.0. The van der Waals surface area contributed by atoms with Crippen LogP contribution < -0.4 is 0 Å². The summed E-state index contributed by atoms with van der Waals surface area (Å²) in [6.07, 6.45) is -0.596. The summed E-state index contributed by atoms with van der Waals surface area (Å²) in [5.74, 6) is -0.137. The average molecular weight is 369 g/mol. The summed E-state index contributed by atoms with van der Waals surface area (Å²) in [5.41, 5.74) is 4.68. The SMILES string of the molecule is C=C(C[C@H](O)C1=NO[C@H](c2ccccc2)[C@H]1c1ccccc1)c1ccccc1. The monoisotopic (exact) mass is 369 g/mol. The van der Waals surface area contributed by atoms with Gasteiger partial charge in [0.25, 0.3) is 0 Å². The van der Waals surface area contributed by atoms with Crippen LogP contribution in [-0.2, 0) is 4.84 Å². The van der Waals surface area contributed by atoms with Crippen molar-refractivity contribution in [1.82, 2.24) is 0 Å². The molecule has 0 aromatic heterocycles. The predicted octanol–water partition coefficient (Wildman–Crippen LogP) is 5.36. The van der Waals surface area contributed by atoms with Crippen LogP contribution in [0.2, 0.25) is 0 Å². The number of hydrogen-bond donors (Lipinski definition) is 1. The molecule has 140 valence electrons. The van der Waals surface area contributed by atoms with Crippen molar-refractivity contribution in [1.29, 1.82) is 0 Å². The molecule has 4 rings (SSSR count). The highest BCUT2D eigenvalue weighted by molar-refractivity contribution is 5.97. The second-order valence-electron chi connectivity index (χ2n) is 7.03. The first-order chi connectivity index (χ1) is 13.7. The maximum Gasteiger partial charge on any atom is 0.164 e. The van der Waals surface area contributed by atoms with Gasteiger partial charge in [-0.25, -0.2) is 0 Å². The van der Waals surface area contributed by atoms with Gasteiger partial charge in [-0.3, -0.25) is 0 Å². The molecule has 0 saturated heterocycles. The van der Waals surface area contributed by atoms with E-state index in [1.807, 2.05) is 78.9 Å². The van der Waals surface area contributed by atoms with Crippen molar-refractivity contribution in [3.63, 3.8) is 0 Å². The van der Waals surface area contributed by atoms with Crippen molar-refractivity contribution in [3.8, 4) is 0 Å². The lowest BCUT2D eigenvalue weighted by atomic mass is 9.82. The van der Waals surface area contributed by atoms with Gasteiger partial charge in [-0.2, -0.15) is 0 Å². The molecule has 1 aliphatic heterocycles. The number of nitrogens with zero attached hydrogens (tertiary/aromatic N) is 1. The van der Waals surface area contributed by atoms with E-state index < -0.39 is 6.10 Å². The second-order valence-corrected chi connectivity index (χ2v) is 7.03. The Labute approximate surface area is 165 Å². The lowest BCUT2D eigenvalue weighted by molar-refractivity contribution is 0.0762. The van der Waals surface area contributed by atoms with Gasteiger partial charge in [0.15, 0.2) is 6.10 Å². The van der Waals surface area contributed by atoms with E-state index in [1.54, 1.807) is 0 Å². The van der Waals surface area contributed by atoms with Crippen LogP contribution in [0.3, 0.4) is 0 Å². The van der Waals surface area contributed by atoms with Crippen LogP contribution in [0.15, 0.2) is 103 Å². The normalized spacial score (nSPS) is 19.5. The summed E-state index contributed by atoms with van der Waals surface area (Å²) in [7, 11) is 0. The maximum atomic E-state index is 11.0. The standard InChI is InChI=1S/C25H23NO2/c1-18(19-11-5-2-6-12-19)17-22(27)24-23(20-13-7-3-8-14-20)25(28-26-24)21-15-9-4-10-16-21/h2-16,22-23,25,27H,1,17H2/t22-,23-,25+/m0/s1. The molecule has 3 heteroatoms. The molecule has 0 saturated carbocycles. The third-order valence-electron chi connectivity index (χ3n) is 5.14. The molecular formula is C25H23NO2. The molecule has 1 N–H and O–H groups in total. The average Bonchev–Trinajstić information content (AvgIpc) is 3.21. The fourth-order valence-corrected chi connectivity index (χ4v) is 3.69. The molecule has 0 unspecified atom stereocenters. The van der Waals surface area contributed by atoms with Crippen molar-refractivity contribution >= 4 is 11.3 Å². The number of rotatable bonds is 6. The highest BCUT2D eigenvalue weighted by Gasteiger charge is 2.39. The molecule has 3 atom stereocenters. The first kappa shape index (κ1) is 18.2. The summed E-state index contributed by atoms with van der Waals surface area (Å²) in [6.45, 7) is 4.16. The van der Waals surface area contributed by atoms with E-state index in [9.17, 15) is 5.11 Å². The molecule has 3 aromatic carbocycles. The van der Waals surface area contributed by atoms with Crippen LogP contribution in [-0.4, -0.2) is 16.9 Å². The minimum atomic E-state index is -0.758.